The number of fused-ring (bicyclic) bond motifs is 1. The number of aromatic nitrogens is 4. The van der Waals surface area contributed by atoms with Crippen LogP contribution in [-0.4, -0.2) is 39.8 Å². The van der Waals surface area contributed by atoms with E-state index < -0.39 is 11.7 Å². The molecule has 4 heterocycles. The molecule has 0 atom stereocenters. The monoisotopic (exact) mass is 376 g/mol. The highest BCUT2D eigenvalue weighted by Crippen LogP contribution is 2.38. The summed E-state index contributed by atoms with van der Waals surface area (Å²) >= 11 is 0. The number of hydrogen-bond donors (Lipinski definition) is 2. The maximum atomic E-state index is 13.6. The SMILES string of the molecule is NCC1CCN(c2ccc(C(F)(F)F)c(-c3n[nH]c4ncccc34)n2)CC1. The molecule has 3 aromatic heterocycles. The molecule has 27 heavy (non-hydrogen) atoms. The molecule has 0 aliphatic carbocycles. The van der Waals surface area contributed by atoms with Crippen LogP contribution in [0, 0.1) is 5.92 Å². The number of nitrogens with zero attached hydrogens (tertiary/aromatic N) is 4. The molecule has 1 aliphatic heterocycles. The van der Waals surface area contributed by atoms with Crippen LogP contribution in [0.1, 0.15) is 18.4 Å². The van der Waals surface area contributed by atoms with E-state index in [0.717, 1.165) is 32.0 Å². The second-order valence-corrected chi connectivity index (χ2v) is 6.70. The van der Waals surface area contributed by atoms with Crippen molar-refractivity contribution in [1.82, 2.24) is 20.2 Å². The predicted octanol–water partition coefficient (Wildman–Crippen LogP) is 3.21. The lowest BCUT2D eigenvalue weighted by Gasteiger charge is -2.32. The van der Waals surface area contributed by atoms with Gasteiger partial charge in [0, 0.05) is 24.7 Å². The van der Waals surface area contributed by atoms with E-state index in [2.05, 4.69) is 20.2 Å². The van der Waals surface area contributed by atoms with Gasteiger partial charge < -0.3 is 10.6 Å². The van der Waals surface area contributed by atoms with Gasteiger partial charge in [0.05, 0.1) is 5.56 Å². The summed E-state index contributed by atoms with van der Waals surface area (Å²) in [6.07, 6.45) is -1.16. The molecule has 6 nitrogen and oxygen atoms in total. The summed E-state index contributed by atoms with van der Waals surface area (Å²) in [6.45, 7) is 2.08. The van der Waals surface area contributed by atoms with Gasteiger partial charge in [-0.15, -0.1) is 0 Å². The highest BCUT2D eigenvalue weighted by Gasteiger charge is 2.36. The molecule has 9 heteroatoms. The van der Waals surface area contributed by atoms with Crippen LogP contribution < -0.4 is 10.6 Å². The van der Waals surface area contributed by atoms with E-state index >= 15 is 0 Å². The Hall–Kier alpha value is -2.68. The molecule has 142 valence electrons. The highest BCUT2D eigenvalue weighted by molar-refractivity contribution is 5.90. The molecule has 0 unspecified atom stereocenters. The van der Waals surface area contributed by atoms with Gasteiger partial charge in [-0.25, -0.2) is 9.97 Å². The number of halogens is 3. The fourth-order valence-electron chi connectivity index (χ4n) is 3.47. The normalized spacial score (nSPS) is 16.2. The lowest BCUT2D eigenvalue weighted by molar-refractivity contribution is -0.137. The molecule has 1 aliphatic rings. The highest BCUT2D eigenvalue weighted by atomic mass is 19.4. The number of nitrogens with one attached hydrogen (secondary N) is 1. The Morgan fingerprint density at radius 2 is 1.93 bits per heavy atom. The first kappa shape index (κ1) is 17.7. The van der Waals surface area contributed by atoms with Crippen molar-refractivity contribution in [3.63, 3.8) is 0 Å². The molecular formula is C18H19F3N6. The van der Waals surface area contributed by atoms with Crippen molar-refractivity contribution in [1.29, 1.82) is 0 Å². The van der Waals surface area contributed by atoms with Crippen LogP contribution in [0.4, 0.5) is 19.0 Å². The Morgan fingerprint density at radius 3 is 2.63 bits per heavy atom. The van der Waals surface area contributed by atoms with Crippen molar-refractivity contribution >= 4 is 16.9 Å². The summed E-state index contributed by atoms with van der Waals surface area (Å²) in [4.78, 5) is 10.5. The Balaban J connectivity index is 1.79. The van der Waals surface area contributed by atoms with E-state index in [1.54, 1.807) is 18.3 Å². The maximum absolute atomic E-state index is 13.6. The second kappa shape index (κ2) is 6.80. The number of aromatic amines is 1. The van der Waals surface area contributed by atoms with Crippen molar-refractivity contribution in [2.24, 2.45) is 11.7 Å². The molecular weight excluding hydrogens is 357 g/mol. The van der Waals surface area contributed by atoms with Crippen LogP contribution in [-0.2, 0) is 6.18 Å². The number of rotatable bonds is 3. The van der Waals surface area contributed by atoms with Gasteiger partial charge in [-0.1, -0.05) is 0 Å². The van der Waals surface area contributed by atoms with Gasteiger partial charge in [0.25, 0.3) is 0 Å². The number of piperidine rings is 1. The van der Waals surface area contributed by atoms with Gasteiger partial charge >= 0.3 is 6.18 Å². The smallest absolute Gasteiger partial charge is 0.357 e. The van der Waals surface area contributed by atoms with Gasteiger partial charge in [-0.3, -0.25) is 5.10 Å². The second-order valence-electron chi connectivity index (χ2n) is 6.70. The zero-order valence-corrected chi connectivity index (χ0v) is 14.5. The average Bonchev–Trinajstić information content (AvgIpc) is 3.11. The number of H-pyrrole nitrogens is 1. The minimum Gasteiger partial charge on any atom is -0.357 e. The molecule has 4 rings (SSSR count). The van der Waals surface area contributed by atoms with E-state index in [9.17, 15) is 13.2 Å². The van der Waals surface area contributed by atoms with Crippen molar-refractivity contribution in [3.05, 3.63) is 36.0 Å². The van der Waals surface area contributed by atoms with Crippen LogP contribution in [0.25, 0.3) is 22.4 Å². The van der Waals surface area contributed by atoms with Crippen LogP contribution in [0.15, 0.2) is 30.5 Å². The standard InChI is InChI=1S/C18H19F3N6/c19-18(20,21)13-3-4-14(27-8-5-11(10-22)6-9-27)24-16(13)15-12-2-1-7-23-17(12)26-25-15/h1-4,7,11H,5-6,8-10,22H2,(H,23,25,26). The molecule has 3 aromatic rings. The van der Waals surface area contributed by atoms with Gasteiger partial charge in [0.15, 0.2) is 5.65 Å². The lowest BCUT2D eigenvalue weighted by Crippen LogP contribution is -2.36. The Morgan fingerprint density at radius 1 is 1.15 bits per heavy atom. The molecule has 0 aromatic carbocycles. The predicted molar refractivity (Wildman–Crippen MR) is 96.1 cm³/mol. The Kier molecular flexibility index (Phi) is 4.47. The first-order chi connectivity index (χ1) is 13.0. The summed E-state index contributed by atoms with van der Waals surface area (Å²) < 4.78 is 40.8. The topological polar surface area (TPSA) is 83.7 Å². The Labute approximate surface area is 153 Å². The van der Waals surface area contributed by atoms with E-state index in [0.29, 0.717) is 29.3 Å². The molecule has 1 fully saturated rings. The molecule has 0 bridgehead atoms. The van der Waals surface area contributed by atoms with Crippen molar-refractivity contribution in [2.75, 3.05) is 24.5 Å². The number of alkyl halides is 3. The molecule has 0 spiro atoms. The van der Waals surface area contributed by atoms with Crippen LogP contribution >= 0.6 is 0 Å². The van der Waals surface area contributed by atoms with Crippen LogP contribution in [0.2, 0.25) is 0 Å². The summed E-state index contributed by atoms with van der Waals surface area (Å²) in [6, 6.07) is 5.87. The molecule has 0 radical (unpaired) electrons. The number of hydrogen-bond acceptors (Lipinski definition) is 5. The van der Waals surface area contributed by atoms with Crippen LogP contribution in [0.3, 0.4) is 0 Å². The number of nitrogens with two attached hydrogens (primary N) is 1. The van der Waals surface area contributed by atoms with Crippen molar-refractivity contribution in [3.8, 4) is 11.4 Å². The van der Waals surface area contributed by atoms with Gasteiger partial charge in [-0.2, -0.15) is 18.3 Å². The number of anilines is 1. The van der Waals surface area contributed by atoms with E-state index in [-0.39, 0.29) is 11.4 Å². The molecule has 0 saturated carbocycles. The quantitative estimate of drug-likeness (QED) is 0.733. The first-order valence-corrected chi connectivity index (χ1v) is 8.80. The molecule has 0 amide bonds. The minimum absolute atomic E-state index is 0.157. The lowest BCUT2D eigenvalue weighted by atomic mass is 9.97. The van der Waals surface area contributed by atoms with E-state index in [4.69, 9.17) is 5.73 Å². The van der Waals surface area contributed by atoms with E-state index in [1.165, 1.54) is 6.07 Å². The third-order valence-electron chi connectivity index (χ3n) is 5.02. The fourth-order valence-corrected chi connectivity index (χ4v) is 3.47. The fraction of sp³-hybridized carbons (Fsp3) is 0.389. The van der Waals surface area contributed by atoms with Gasteiger partial charge in [0.1, 0.15) is 17.2 Å². The zero-order valence-electron chi connectivity index (χ0n) is 14.5. The Bertz CT molecular complexity index is 944. The number of pyridine rings is 2. The maximum Gasteiger partial charge on any atom is 0.418 e. The van der Waals surface area contributed by atoms with Crippen molar-refractivity contribution < 1.29 is 13.2 Å². The summed E-state index contributed by atoms with van der Waals surface area (Å²) in [5.41, 5.74) is 5.32. The first-order valence-electron chi connectivity index (χ1n) is 8.80. The van der Waals surface area contributed by atoms with Crippen molar-refractivity contribution in [2.45, 2.75) is 19.0 Å². The van der Waals surface area contributed by atoms with Crippen LogP contribution in [0.5, 0.6) is 0 Å². The van der Waals surface area contributed by atoms with Gasteiger partial charge in [-0.05, 0) is 49.6 Å². The molecule has 1 saturated heterocycles. The minimum atomic E-state index is -4.53. The van der Waals surface area contributed by atoms with Gasteiger partial charge in [0.2, 0.25) is 0 Å². The summed E-state index contributed by atoms with van der Waals surface area (Å²) in [5.74, 6) is 0.977. The zero-order chi connectivity index (χ0) is 19.0. The third kappa shape index (κ3) is 3.34. The summed E-state index contributed by atoms with van der Waals surface area (Å²) in [7, 11) is 0. The summed E-state index contributed by atoms with van der Waals surface area (Å²) in [5, 5.41) is 7.26. The van der Waals surface area contributed by atoms with E-state index in [1.807, 2.05) is 4.90 Å². The third-order valence-corrected chi connectivity index (χ3v) is 5.02. The molecule has 3 N–H and O–H groups in total. The average molecular weight is 376 g/mol. The largest absolute Gasteiger partial charge is 0.418 e.